The van der Waals surface area contributed by atoms with E-state index < -0.39 is 0 Å². The first-order valence-electron chi connectivity index (χ1n) is 7.60. The minimum absolute atomic E-state index is 0.108. The monoisotopic (exact) mass is 271 g/mol. The van der Waals surface area contributed by atoms with Gasteiger partial charge >= 0.3 is 0 Å². The third kappa shape index (κ3) is 2.34. The molecule has 2 aliphatic rings. The van der Waals surface area contributed by atoms with Crippen LogP contribution >= 0.6 is 0 Å². The van der Waals surface area contributed by atoms with Crippen molar-refractivity contribution < 1.29 is 0 Å². The summed E-state index contributed by atoms with van der Waals surface area (Å²) in [6.45, 7) is 12.0. The largest absolute Gasteiger partial charge is 0.250 e. The average Bonchev–Trinajstić information content (AvgIpc) is 2.94. The van der Waals surface area contributed by atoms with Gasteiger partial charge in [-0.25, -0.2) is 4.98 Å². The molecule has 20 heavy (non-hydrogen) atoms. The Labute approximate surface area is 121 Å². The van der Waals surface area contributed by atoms with E-state index in [9.17, 15) is 0 Å². The molecule has 0 amide bonds. The third-order valence-corrected chi connectivity index (χ3v) is 4.51. The molecule has 2 aliphatic carbocycles. The van der Waals surface area contributed by atoms with Crippen LogP contribution in [0.3, 0.4) is 0 Å². The molecule has 2 unspecified atom stereocenters. The van der Waals surface area contributed by atoms with Crippen LogP contribution in [0.25, 0.3) is 0 Å². The summed E-state index contributed by atoms with van der Waals surface area (Å²) in [5, 5.41) is 4.80. The fourth-order valence-electron chi connectivity index (χ4n) is 2.96. The van der Waals surface area contributed by atoms with Crippen molar-refractivity contribution in [2.75, 3.05) is 0 Å². The van der Waals surface area contributed by atoms with Crippen molar-refractivity contribution >= 4 is 0 Å². The van der Waals surface area contributed by atoms with Gasteiger partial charge in [-0.1, -0.05) is 44.6 Å². The molecule has 1 fully saturated rings. The number of nitrogens with zero attached hydrogens (tertiary/aromatic N) is 3. The van der Waals surface area contributed by atoms with Crippen molar-refractivity contribution in [1.29, 1.82) is 0 Å². The van der Waals surface area contributed by atoms with E-state index in [1.807, 2.05) is 0 Å². The van der Waals surface area contributed by atoms with Crippen molar-refractivity contribution in [3.05, 3.63) is 35.4 Å². The van der Waals surface area contributed by atoms with E-state index in [1.54, 1.807) is 0 Å². The summed E-state index contributed by atoms with van der Waals surface area (Å²) in [6, 6.07) is 0. The second-order valence-electron chi connectivity index (χ2n) is 7.61. The standard InChI is InChI=1S/C17H25N3/c1-12-6-7-17(11-14(17)10-12)15-18-13(2)20(19-15)9-8-16(3,4)5/h6-7,10,14H,8-9,11H2,1-5H3. The summed E-state index contributed by atoms with van der Waals surface area (Å²) in [5.41, 5.74) is 1.81. The van der Waals surface area contributed by atoms with Crippen molar-refractivity contribution in [3.8, 4) is 0 Å². The highest BCUT2D eigenvalue weighted by molar-refractivity contribution is 5.43. The van der Waals surface area contributed by atoms with Crippen LogP contribution in [0.2, 0.25) is 0 Å². The Morgan fingerprint density at radius 2 is 2.10 bits per heavy atom. The van der Waals surface area contributed by atoms with Gasteiger partial charge < -0.3 is 0 Å². The minimum atomic E-state index is 0.108. The molecule has 0 aromatic carbocycles. The smallest absolute Gasteiger partial charge is 0.161 e. The molecule has 1 aromatic heterocycles. The second-order valence-corrected chi connectivity index (χ2v) is 7.61. The van der Waals surface area contributed by atoms with E-state index in [1.165, 1.54) is 12.0 Å². The maximum Gasteiger partial charge on any atom is 0.161 e. The van der Waals surface area contributed by atoms with Crippen LogP contribution in [-0.4, -0.2) is 14.8 Å². The van der Waals surface area contributed by atoms with Gasteiger partial charge in [0.1, 0.15) is 5.82 Å². The normalized spacial score (nSPS) is 28.2. The number of allylic oxidation sites excluding steroid dienone is 4. The fourth-order valence-corrected chi connectivity index (χ4v) is 2.96. The van der Waals surface area contributed by atoms with Gasteiger partial charge in [-0.05, 0) is 38.0 Å². The maximum atomic E-state index is 4.80. The predicted molar refractivity (Wildman–Crippen MR) is 81.5 cm³/mol. The van der Waals surface area contributed by atoms with Gasteiger partial charge in [0.05, 0.1) is 5.41 Å². The summed E-state index contributed by atoms with van der Waals surface area (Å²) >= 11 is 0. The Balaban J connectivity index is 1.79. The molecular weight excluding hydrogens is 246 g/mol. The zero-order valence-corrected chi connectivity index (χ0v) is 13.3. The van der Waals surface area contributed by atoms with Crippen LogP contribution in [0.15, 0.2) is 23.8 Å². The Hall–Kier alpha value is -1.38. The van der Waals surface area contributed by atoms with Crippen molar-refractivity contribution in [1.82, 2.24) is 14.8 Å². The van der Waals surface area contributed by atoms with Gasteiger partial charge in [-0.15, -0.1) is 0 Å². The minimum Gasteiger partial charge on any atom is -0.250 e. The summed E-state index contributed by atoms with van der Waals surface area (Å²) in [4.78, 5) is 4.74. The van der Waals surface area contributed by atoms with E-state index >= 15 is 0 Å². The first kappa shape index (κ1) is 13.6. The highest BCUT2D eigenvalue weighted by Crippen LogP contribution is 2.57. The summed E-state index contributed by atoms with van der Waals surface area (Å²) in [5.74, 6) is 2.68. The van der Waals surface area contributed by atoms with E-state index in [0.29, 0.717) is 11.3 Å². The topological polar surface area (TPSA) is 30.7 Å². The van der Waals surface area contributed by atoms with Gasteiger partial charge in [0.25, 0.3) is 0 Å². The lowest BCUT2D eigenvalue weighted by Gasteiger charge is -2.17. The predicted octanol–water partition coefficient (Wildman–Crippen LogP) is 3.80. The molecule has 3 nitrogen and oxygen atoms in total. The Morgan fingerprint density at radius 3 is 2.75 bits per heavy atom. The molecule has 0 N–H and O–H groups in total. The van der Waals surface area contributed by atoms with Crippen LogP contribution in [0.1, 0.15) is 52.2 Å². The molecule has 0 spiro atoms. The first-order valence-corrected chi connectivity index (χ1v) is 7.60. The molecule has 3 heteroatoms. The van der Waals surface area contributed by atoms with E-state index in [0.717, 1.165) is 24.6 Å². The second kappa shape index (κ2) is 4.31. The van der Waals surface area contributed by atoms with Crippen molar-refractivity contribution in [2.45, 2.75) is 59.4 Å². The zero-order valence-electron chi connectivity index (χ0n) is 13.3. The first-order chi connectivity index (χ1) is 9.30. The number of fused-ring (bicyclic) bond motifs is 1. The van der Waals surface area contributed by atoms with Crippen LogP contribution in [0.4, 0.5) is 0 Å². The molecule has 0 bridgehead atoms. The fraction of sp³-hybridized carbons (Fsp3) is 0.647. The molecule has 2 atom stereocenters. The molecule has 1 aromatic rings. The van der Waals surface area contributed by atoms with Crippen LogP contribution < -0.4 is 0 Å². The quantitative estimate of drug-likeness (QED) is 0.837. The van der Waals surface area contributed by atoms with Gasteiger partial charge in [0.15, 0.2) is 5.82 Å². The Bertz CT molecular complexity index is 586. The lowest BCUT2D eigenvalue weighted by molar-refractivity contribution is 0.338. The van der Waals surface area contributed by atoms with E-state index in [2.05, 4.69) is 57.5 Å². The number of hydrogen-bond acceptors (Lipinski definition) is 2. The van der Waals surface area contributed by atoms with Gasteiger partial charge in [0.2, 0.25) is 0 Å². The van der Waals surface area contributed by atoms with Crippen molar-refractivity contribution in [3.63, 3.8) is 0 Å². The molecule has 0 radical (unpaired) electrons. The molecule has 0 saturated heterocycles. The molecule has 108 valence electrons. The summed E-state index contributed by atoms with van der Waals surface area (Å²) < 4.78 is 2.09. The Morgan fingerprint density at radius 1 is 1.35 bits per heavy atom. The number of aryl methyl sites for hydroxylation is 2. The summed E-state index contributed by atoms with van der Waals surface area (Å²) in [6.07, 6.45) is 9.20. The van der Waals surface area contributed by atoms with Crippen LogP contribution in [-0.2, 0) is 12.0 Å². The third-order valence-electron chi connectivity index (χ3n) is 4.51. The van der Waals surface area contributed by atoms with E-state index in [4.69, 9.17) is 10.1 Å². The molecule has 3 rings (SSSR count). The average molecular weight is 271 g/mol. The highest BCUT2D eigenvalue weighted by Gasteiger charge is 2.56. The molecule has 1 heterocycles. The highest BCUT2D eigenvalue weighted by atomic mass is 15.4. The van der Waals surface area contributed by atoms with Gasteiger partial charge in [0, 0.05) is 6.54 Å². The molecular formula is C17H25N3. The summed E-state index contributed by atoms with van der Waals surface area (Å²) in [7, 11) is 0. The number of rotatable bonds is 3. The van der Waals surface area contributed by atoms with Crippen molar-refractivity contribution in [2.24, 2.45) is 11.3 Å². The zero-order chi connectivity index (χ0) is 14.5. The SMILES string of the molecule is CC1=CC2CC2(c2nc(C)n(CCC(C)(C)C)n2)C=C1. The van der Waals surface area contributed by atoms with Crippen LogP contribution in [0.5, 0.6) is 0 Å². The van der Waals surface area contributed by atoms with E-state index in [-0.39, 0.29) is 5.41 Å². The number of aromatic nitrogens is 3. The van der Waals surface area contributed by atoms with Crippen LogP contribution in [0, 0.1) is 18.3 Å². The number of hydrogen-bond donors (Lipinski definition) is 0. The Kier molecular flexibility index (Phi) is 2.93. The maximum absolute atomic E-state index is 4.80. The van der Waals surface area contributed by atoms with Gasteiger partial charge in [-0.2, -0.15) is 5.10 Å². The van der Waals surface area contributed by atoms with Gasteiger partial charge in [-0.3, -0.25) is 4.68 Å². The molecule has 0 aliphatic heterocycles. The lowest BCUT2D eigenvalue weighted by Crippen LogP contribution is -2.14. The lowest BCUT2D eigenvalue weighted by atomic mass is 9.92. The molecule has 1 saturated carbocycles.